The number of hydrogen-bond acceptors (Lipinski definition) is 2. The van der Waals surface area contributed by atoms with Crippen LogP contribution in [0.5, 0.6) is 0 Å². The molecule has 0 saturated carbocycles. The van der Waals surface area contributed by atoms with E-state index in [1.165, 1.54) is 4.90 Å². The van der Waals surface area contributed by atoms with Gasteiger partial charge in [0.05, 0.1) is 5.56 Å². The topological polar surface area (TPSA) is 37.4 Å². The number of halogens is 2. The van der Waals surface area contributed by atoms with Crippen LogP contribution in [0, 0.1) is 9.49 Å². The van der Waals surface area contributed by atoms with Crippen LogP contribution in [0.15, 0.2) is 22.7 Å². The molecule has 1 aliphatic rings. The van der Waals surface area contributed by atoms with Gasteiger partial charge in [0.2, 0.25) is 5.91 Å². The average molecular weight is 422 g/mol. The smallest absolute Gasteiger partial charge is 0.261 e. The minimum absolute atomic E-state index is 0.0531. The molecule has 1 aliphatic heterocycles. The Morgan fingerprint density at radius 3 is 2.89 bits per heavy atom. The Balaban J connectivity index is 2.26. The van der Waals surface area contributed by atoms with E-state index in [0.29, 0.717) is 24.4 Å². The molecule has 0 spiro atoms. The van der Waals surface area contributed by atoms with Crippen LogP contribution in [0.2, 0.25) is 0 Å². The van der Waals surface area contributed by atoms with Gasteiger partial charge in [-0.2, -0.15) is 0 Å². The van der Waals surface area contributed by atoms with E-state index < -0.39 is 0 Å². The van der Waals surface area contributed by atoms with Crippen molar-refractivity contribution in [1.82, 2.24) is 4.90 Å². The number of amides is 2. The van der Waals surface area contributed by atoms with Crippen molar-refractivity contribution in [2.24, 2.45) is 5.92 Å². The highest BCUT2D eigenvalue weighted by molar-refractivity contribution is 14.1. The van der Waals surface area contributed by atoms with Gasteiger partial charge >= 0.3 is 0 Å². The van der Waals surface area contributed by atoms with Crippen LogP contribution in [0.3, 0.4) is 0 Å². The normalized spacial score (nSPS) is 19.4. The summed E-state index contributed by atoms with van der Waals surface area (Å²) in [5.74, 6) is 0.0792. The van der Waals surface area contributed by atoms with E-state index in [9.17, 15) is 9.59 Å². The Morgan fingerprint density at radius 2 is 2.28 bits per heavy atom. The van der Waals surface area contributed by atoms with E-state index in [1.807, 2.05) is 12.1 Å². The van der Waals surface area contributed by atoms with Crippen LogP contribution in [0.4, 0.5) is 0 Å². The first kappa shape index (κ1) is 14.0. The molecule has 1 fully saturated rings. The third-order valence-corrected chi connectivity index (χ3v) is 4.62. The van der Waals surface area contributed by atoms with Gasteiger partial charge in [0, 0.05) is 21.0 Å². The van der Waals surface area contributed by atoms with Crippen LogP contribution in [0.1, 0.15) is 30.1 Å². The molecule has 5 heteroatoms. The lowest BCUT2D eigenvalue weighted by molar-refractivity contribution is -0.125. The predicted molar refractivity (Wildman–Crippen MR) is 81.3 cm³/mol. The molecule has 18 heavy (non-hydrogen) atoms. The molecule has 0 aromatic heterocycles. The molecule has 1 unspecified atom stereocenters. The summed E-state index contributed by atoms with van der Waals surface area (Å²) in [6.45, 7) is 2.60. The Hall–Kier alpha value is -0.430. The number of rotatable bonds is 2. The van der Waals surface area contributed by atoms with Crippen molar-refractivity contribution < 1.29 is 9.59 Å². The van der Waals surface area contributed by atoms with Crippen molar-refractivity contribution >= 4 is 50.3 Å². The number of imide groups is 1. The third-order valence-electron chi connectivity index (χ3n) is 3.19. The SMILES string of the molecule is CCC1CC(=O)N(C(=O)c2cc(Br)ccc2I)C1. The lowest BCUT2D eigenvalue weighted by Gasteiger charge is -2.15. The maximum Gasteiger partial charge on any atom is 0.261 e. The van der Waals surface area contributed by atoms with Crippen molar-refractivity contribution in [3.05, 3.63) is 31.8 Å². The second kappa shape index (κ2) is 5.69. The number of benzene rings is 1. The van der Waals surface area contributed by atoms with Crippen molar-refractivity contribution in [2.45, 2.75) is 19.8 Å². The van der Waals surface area contributed by atoms with Gasteiger partial charge in [-0.05, 0) is 46.7 Å². The van der Waals surface area contributed by atoms with E-state index in [-0.39, 0.29) is 11.8 Å². The Morgan fingerprint density at radius 1 is 1.56 bits per heavy atom. The lowest BCUT2D eigenvalue weighted by atomic mass is 10.1. The molecule has 1 heterocycles. The first-order valence-electron chi connectivity index (χ1n) is 5.82. The molecule has 0 aliphatic carbocycles. The maximum atomic E-state index is 12.4. The molecule has 2 rings (SSSR count). The summed E-state index contributed by atoms with van der Waals surface area (Å²) in [6, 6.07) is 5.53. The van der Waals surface area contributed by atoms with Gasteiger partial charge in [-0.1, -0.05) is 29.3 Å². The third kappa shape index (κ3) is 2.77. The van der Waals surface area contributed by atoms with Crippen LogP contribution < -0.4 is 0 Å². The largest absolute Gasteiger partial charge is 0.278 e. The molecule has 0 N–H and O–H groups in total. The monoisotopic (exact) mass is 421 g/mol. The fourth-order valence-electron chi connectivity index (χ4n) is 2.06. The highest BCUT2D eigenvalue weighted by atomic mass is 127. The van der Waals surface area contributed by atoms with Crippen LogP contribution in [-0.2, 0) is 4.79 Å². The number of carbonyl (C=O) groups excluding carboxylic acids is 2. The van der Waals surface area contributed by atoms with Gasteiger partial charge in [-0.3, -0.25) is 14.5 Å². The molecular weight excluding hydrogens is 409 g/mol. The van der Waals surface area contributed by atoms with Crippen LogP contribution in [-0.4, -0.2) is 23.3 Å². The minimum Gasteiger partial charge on any atom is -0.278 e. The summed E-state index contributed by atoms with van der Waals surface area (Å²) < 4.78 is 1.72. The van der Waals surface area contributed by atoms with Gasteiger partial charge in [0.25, 0.3) is 5.91 Å². The van der Waals surface area contributed by atoms with Gasteiger partial charge in [0.15, 0.2) is 0 Å². The summed E-state index contributed by atoms with van der Waals surface area (Å²) in [4.78, 5) is 25.6. The number of nitrogens with zero attached hydrogens (tertiary/aromatic N) is 1. The summed E-state index contributed by atoms with van der Waals surface area (Å²) in [6.07, 6.45) is 1.43. The molecule has 0 bridgehead atoms. The number of hydrogen-bond donors (Lipinski definition) is 0. The zero-order valence-corrected chi connectivity index (χ0v) is 13.7. The first-order valence-corrected chi connectivity index (χ1v) is 7.69. The molecule has 1 atom stereocenters. The first-order chi connectivity index (χ1) is 8.52. The standard InChI is InChI=1S/C13H13BrINO2/c1-2-8-5-12(17)16(7-8)13(18)10-6-9(14)3-4-11(10)15/h3-4,6,8H,2,5,7H2,1H3. The zero-order valence-electron chi connectivity index (χ0n) is 9.95. The summed E-state index contributed by atoms with van der Waals surface area (Å²) >= 11 is 5.48. The summed E-state index contributed by atoms with van der Waals surface area (Å²) in [5.41, 5.74) is 0.593. The molecule has 96 valence electrons. The predicted octanol–water partition coefficient (Wildman–Crippen LogP) is 3.45. The molecule has 2 amide bonds. The molecule has 1 saturated heterocycles. The second-order valence-corrected chi connectivity index (χ2v) is 6.49. The minimum atomic E-state index is -0.179. The Labute approximate surface area is 128 Å². The highest BCUT2D eigenvalue weighted by Crippen LogP contribution is 2.25. The average Bonchev–Trinajstić information content (AvgIpc) is 2.73. The van der Waals surface area contributed by atoms with Crippen molar-refractivity contribution in [2.75, 3.05) is 6.54 Å². The number of likely N-dealkylation sites (tertiary alicyclic amines) is 1. The second-order valence-electron chi connectivity index (χ2n) is 4.41. The summed E-state index contributed by atoms with van der Waals surface area (Å²) in [7, 11) is 0. The van der Waals surface area contributed by atoms with Gasteiger partial charge in [0.1, 0.15) is 0 Å². The Bertz CT molecular complexity index is 504. The van der Waals surface area contributed by atoms with E-state index in [0.717, 1.165) is 14.5 Å². The highest BCUT2D eigenvalue weighted by Gasteiger charge is 2.33. The van der Waals surface area contributed by atoms with E-state index in [4.69, 9.17) is 0 Å². The van der Waals surface area contributed by atoms with Gasteiger partial charge in [-0.15, -0.1) is 0 Å². The molecule has 0 radical (unpaired) electrons. The molecule has 1 aromatic rings. The molecule has 1 aromatic carbocycles. The van der Waals surface area contributed by atoms with E-state index in [2.05, 4.69) is 45.4 Å². The fourth-order valence-corrected chi connectivity index (χ4v) is 2.99. The van der Waals surface area contributed by atoms with E-state index >= 15 is 0 Å². The van der Waals surface area contributed by atoms with Crippen molar-refractivity contribution in [1.29, 1.82) is 0 Å². The summed E-state index contributed by atoms with van der Waals surface area (Å²) in [5, 5.41) is 0. The van der Waals surface area contributed by atoms with Crippen LogP contribution in [0.25, 0.3) is 0 Å². The zero-order chi connectivity index (χ0) is 13.3. The quantitative estimate of drug-likeness (QED) is 0.541. The van der Waals surface area contributed by atoms with E-state index in [1.54, 1.807) is 6.07 Å². The molecular formula is C13H13BrINO2. The van der Waals surface area contributed by atoms with Gasteiger partial charge < -0.3 is 0 Å². The number of carbonyl (C=O) groups is 2. The van der Waals surface area contributed by atoms with Crippen LogP contribution >= 0.6 is 38.5 Å². The van der Waals surface area contributed by atoms with Crippen molar-refractivity contribution in [3.63, 3.8) is 0 Å². The lowest BCUT2D eigenvalue weighted by Crippen LogP contribution is -2.32. The maximum absolute atomic E-state index is 12.4. The molecule has 3 nitrogen and oxygen atoms in total. The van der Waals surface area contributed by atoms with Crippen molar-refractivity contribution in [3.8, 4) is 0 Å². The Kier molecular flexibility index (Phi) is 4.42. The van der Waals surface area contributed by atoms with Gasteiger partial charge in [-0.25, -0.2) is 0 Å². The fraction of sp³-hybridized carbons (Fsp3) is 0.385.